The number of fused-ring (bicyclic) bond motifs is 1. The predicted octanol–water partition coefficient (Wildman–Crippen LogP) is 3.42. The minimum absolute atomic E-state index is 0.133. The monoisotopic (exact) mass is 308 g/mol. The topological polar surface area (TPSA) is 63.6 Å². The first-order valence-corrected chi connectivity index (χ1v) is 7.20. The molecule has 1 aromatic carbocycles. The second kappa shape index (κ2) is 5.53. The van der Waals surface area contributed by atoms with Crippen LogP contribution in [-0.2, 0) is 19.7 Å². The number of ketones is 1. The number of halogens is 1. The van der Waals surface area contributed by atoms with Crippen molar-refractivity contribution in [3.8, 4) is 0 Å². The van der Waals surface area contributed by atoms with Crippen molar-refractivity contribution in [1.29, 1.82) is 0 Å². The highest BCUT2D eigenvalue weighted by molar-refractivity contribution is 6.31. The average molecular weight is 309 g/mol. The standard InChI is InChI=1S/C16H17ClO4/c1-4-16(3)11-7-6-9(17)8-10(11)13(18)12(14(16)19)15(20)21-5-2/h6-8,18H,4-5H2,1-3H3/t16-/m1/s1. The van der Waals surface area contributed by atoms with Gasteiger partial charge in [-0.05, 0) is 38.0 Å². The molecule has 0 radical (unpaired) electrons. The van der Waals surface area contributed by atoms with Gasteiger partial charge < -0.3 is 9.84 Å². The van der Waals surface area contributed by atoms with Crippen molar-refractivity contribution in [2.24, 2.45) is 0 Å². The number of carbonyl (C=O) groups excluding carboxylic acids is 2. The van der Waals surface area contributed by atoms with E-state index in [9.17, 15) is 14.7 Å². The first kappa shape index (κ1) is 15.6. The largest absolute Gasteiger partial charge is 0.506 e. The lowest BCUT2D eigenvalue weighted by Gasteiger charge is -2.34. The van der Waals surface area contributed by atoms with Crippen LogP contribution in [0.1, 0.15) is 38.3 Å². The second-order valence-electron chi connectivity index (χ2n) is 5.15. The molecular formula is C16H17ClO4. The summed E-state index contributed by atoms with van der Waals surface area (Å²) in [5.41, 5.74) is -0.0933. The van der Waals surface area contributed by atoms with Crippen molar-refractivity contribution in [2.75, 3.05) is 6.61 Å². The lowest BCUT2D eigenvalue weighted by molar-refractivity contribution is -0.140. The minimum atomic E-state index is -0.881. The van der Waals surface area contributed by atoms with Crippen LogP contribution in [-0.4, -0.2) is 23.5 Å². The Hall–Kier alpha value is -1.81. The zero-order valence-corrected chi connectivity index (χ0v) is 13.0. The number of Topliss-reactive ketones (excluding diaryl/α,β-unsaturated/α-hetero) is 1. The van der Waals surface area contributed by atoms with Crippen LogP contribution in [0, 0.1) is 0 Å². The number of esters is 1. The van der Waals surface area contributed by atoms with E-state index in [0.717, 1.165) is 0 Å². The van der Waals surface area contributed by atoms with Crippen molar-refractivity contribution < 1.29 is 19.4 Å². The number of hydrogen-bond donors (Lipinski definition) is 1. The Kier molecular flexibility index (Phi) is 4.10. The Morgan fingerprint density at radius 2 is 2.05 bits per heavy atom. The molecule has 0 unspecified atom stereocenters. The van der Waals surface area contributed by atoms with Gasteiger partial charge in [0.05, 0.1) is 12.0 Å². The average Bonchev–Trinajstić information content (AvgIpc) is 2.45. The summed E-state index contributed by atoms with van der Waals surface area (Å²) in [7, 11) is 0. The lowest BCUT2D eigenvalue weighted by Crippen LogP contribution is -2.40. The maximum atomic E-state index is 12.7. The number of aliphatic hydroxyl groups is 1. The van der Waals surface area contributed by atoms with Crippen molar-refractivity contribution >= 4 is 29.1 Å². The molecule has 1 N–H and O–H groups in total. The van der Waals surface area contributed by atoms with E-state index in [1.165, 1.54) is 0 Å². The second-order valence-corrected chi connectivity index (χ2v) is 5.59. The summed E-state index contributed by atoms with van der Waals surface area (Å²) < 4.78 is 4.89. The minimum Gasteiger partial charge on any atom is -0.506 e. The smallest absolute Gasteiger partial charge is 0.345 e. The maximum absolute atomic E-state index is 12.7. The van der Waals surface area contributed by atoms with Gasteiger partial charge in [-0.3, -0.25) is 4.79 Å². The van der Waals surface area contributed by atoms with Gasteiger partial charge in [0, 0.05) is 10.6 Å². The van der Waals surface area contributed by atoms with Crippen molar-refractivity contribution in [2.45, 2.75) is 32.6 Å². The number of carbonyl (C=O) groups is 2. The summed E-state index contributed by atoms with van der Waals surface area (Å²) in [5, 5.41) is 10.8. The van der Waals surface area contributed by atoms with Crippen molar-refractivity contribution in [3.63, 3.8) is 0 Å². The molecule has 0 fully saturated rings. The summed E-state index contributed by atoms with van der Waals surface area (Å²) in [6.45, 7) is 5.40. The van der Waals surface area contributed by atoms with Crippen LogP contribution in [0.2, 0.25) is 5.02 Å². The van der Waals surface area contributed by atoms with E-state index in [4.69, 9.17) is 16.3 Å². The van der Waals surface area contributed by atoms with Gasteiger partial charge in [-0.2, -0.15) is 0 Å². The van der Waals surface area contributed by atoms with Crippen LogP contribution in [0.15, 0.2) is 23.8 Å². The van der Waals surface area contributed by atoms with Crippen LogP contribution >= 0.6 is 11.6 Å². The predicted molar refractivity (Wildman–Crippen MR) is 80.3 cm³/mol. The number of hydrogen-bond acceptors (Lipinski definition) is 4. The molecule has 1 aliphatic carbocycles. The molecule has 0 spiro atoms. The van der Waals surface area contributed by atoms with Crippen LogP contribution in [0.4, 0.5) is 0 Å². The van der Waals surface area contributed by atoms with E-state index in [1.54, 1.807) is 32.0 Å². The molecule has 0 aromatic heterocycles. The molecule has 21 heavy (non-hydrogen) atoms. The molecule has 0 bridgehead atoms. The fraction of sp³-hybridized carbons (Fsp3) is 0.375. The zero-order valence-electron chi connectivity index (χ0n) is 12.2. The highest BCUT2D eigenvalue weighted by atomic mass is 35.5. The van der Waals surface area contributed by atoms with Gasteiger partial charge in [0.2, 0.25) is 0 Å². The Morgan fingerprint density at radius 1 is 1.38 bits per heavy atom. The zero-order chi connectivity index (χ0) is 15.8. The molecule has 1 atom stereocenters. The van der Waals surface area contributed by atoms with E-state index in [0.29, 0.717) is 22.6 Å². The SMILES string of the molecule is CCOC(=O)C1=C(O)c2cc(Cl)ccc2[C@@](C)(CC)C1=O. The Bertz CT molecular complexity index is 648. The molecule has 0 amide bonds. The summed E-state index contributed by atoms with van der Waals surface area (Å²) in [6.07, 6.45) is 0.497. The van der Waals surface area contributed by atoms with E-state index < -0.39 is 17.2 Å². The Morgan fingerprint density at radius 3 is 2.62 bits per heavy atom. The van der Waals surface area contributed by atoms with Gasteiger partial charge in [0.1, 0.15) is 11.3 Å². The van der Waals surface area contributed by atoms with E-state index in [2.05, 4.69) is 0 Å². The highest BCUT2D eigenvalue weighted by Gasteiger charge is 2.45. The third kappa shape index (κ3) is 2.33. The molecule has 4 nitrogen and oxygen atoms in total. The Balaban J connectivity index is 2.74. The van der Waals surface area contributed by atoms with Gasteiger partial charge in [0.25, 0.3) is 0 Å². The molecule has 112 valence electrons. The maximum Gasteiger partial charge on any atom is 0.345 e. The van der Waals surface area contributed by atoms with Crippen LogP contribution in [0.5, 0.6) is 0 Å². The molecule has 1 aliphatic rings. The van der Waals surface area contributed by atoms with Gasteiger partial charge in [0.15, 0.2) is 5.78 Å². The first-order valence-electron chi connectivity index (χ1n) is 6.82. The summed E-state index contributed by atoms with van der Waals surface area (Å²) >= 11 is 5.97. The van der Waals surface area contributed by atoms with E-state index in [1.807, 2.05) is 6.92 Å². The summed E-state index contributed by atoms with van der Waals surface area (Å²) in [5.74, 6) is -1.58. The highest BCUT2D eigenvalue weighted by Crippen LogP contribution is 2.42. The number of aliphatic hydroxyl groups excluding tert-OH is 1. The first-order chi connectivity index (χ1) is 9.86. The van der Waals surface area contributed by atoms with E-state index >= 15 is 0 Å². The van der Waals surface area contributed by atoms with Gasteiger partial charge in [-0.1, -0.05) is 24.6 Å². The Labute approximate surface area is 128 Å². The molecule has 2 rings (SSSR count). The number of benzene rings is 1. The van der Waals surface area contributed by atoms with E-state index in [-0.39, 0.29) is 17.9 Å². The van der Waals surface area contributed by atoms with Gasteiger partial charge >= 0.3 is 5.97 Å². The van der Waals surface area contributed by atoms with Crippen LogP contribution in [0.3, 0.4) is 0 Å². The molecular weight excluding hydrogens is 292 g/mol. The third-order valence-electron chi connectivity index (χ3n) is 3.98. The molecule has 5 heteroatoms. The molecule has 0 saturated carbocycles. The molecule has 0 heterocycles. The quantitative estimate of drug-likeness (QED) is 0.686. The fourth-order valence-electron chi connectivity index (χ4n) is 2.58. The summed E-state index contributed by atoms with van der Waals surface area (Å²) in [6, 6.07) is 4.95. The fourth-order valence-corrected chi connectivity index (χ4v) is 2.75. The number of rotatable bonds is 3. The van der Waals surface area contributed by atoms with Gasteiger partial charge in [-0.25, -0.2) is 4.79 Å². The molecule has 0 aliphatic heterocycles. The lowest BCUT2D eigenvalue weighted by atomic mass is 9.68. The van der Waals surface area contributed by atoms with Crippen LogP contribution in [0.25, 0.3) is 5.76 Å². The van der Waals surface area contributed by atoms with Gasteiger partial charge in [-0.15, -0.1) is 0 Å². The summed E-state index contributed by atoms with van der Waals surface area (Å²) in [4.78, 5) is 24.7. The number of ether oxygens (including phenoxy) is 1. The van der Waals surface area contributed by atoms with Crippen LogP contribution < -0.4 is 0 Å². The normalized spacial score (nSPS) is 21.2. The molecule has 1 aromatic rings. The third-order valence-corrected chi connectivity index (χ3v) is 4.22. The molecule has 0 saturated heterocycles. The van der Waals surface area contributed by atoms with Crippen molar-refractivity contribution in [3.05, 3.63) is 39.9 Å². The van der Waals surface area contributed by atoms with Crippen molar-refractivity contribution in [1.82, 2.24) is 0 Å².